The zero-order valence-electron chi connectivity index (χ0n) is 15.9. The third-order valence-electron chi connectivity index (χ3n) is 3.72. The monoisotopic (exact) mass is 404 g/mol. The van der Waals surface area contributed by atoms with Crippen molar-refractivity contribution in [1.29, 1.82) is 5.26 Å². The van der Waals surface area contributed by atoms with Gasteiger partial charge in [0.2, 0.25) is 5.75 Å². The van der Waals surface area contributed by atoms with Gasteiger partial charge in [-0.05, 0) is 35.9 Å². The van der Waals surface area contributed by atoms with Crippen molar-refractivity contribution in [2.75, 3.05) is 26.6 Å². The minimum Gasteiger partial charge on any atom is -0.495 e. The zero-order valence-corrected chi connectivity index (χ0v) is 15.9. The lowest BCUT2D eigenvalue weighted by atomic mass is 10.1. The molecule has 0 spiro atoms. The Morgan fingerprint density at radius 2 is 1.66 bits per heavy atom. The van der Waals surface area contributed by atoms with Gasteiger partial charge < -0.3 is 24.3 Å². The Morgan fingerprint density at radius 1 is 1.07 bits per heavy atom. The van der Waals surface area contributed by atoms with Crippen molar-refractivity contribution in [3.63, 3.8) is 0 Å². The molecule has 0 radical (unpaired) electrons. The number of hydrogen-bond acceptors (Lipinski definition) is 6. The van der Waals surface area contributed by atoms with Crippen LogP contribution in [0.3, 0.4) is 0 Å². The summed E-state index contributed by atoms with van der Waals surface area (Å²) in [6.45, 7) is -3.08. The topological polar surface area (TPSA) is 89.8 Å². The molecule has 0 aliphatic heterocycles. The van der Waals surface area contributed by atoms with E-state index < -0.39 is 12.5 Å². The van der Waals surface area contributed by atoms with Crippen LogP contribution in [-0.4, -0.2) is 33.8 Å². The van der Waals surface area contributed by atoms with E-state index in [9.17, 15) is 18.8 Å². The van der Waals surface area contributed by atoms with E-state index in [0.29, 0.717) is 17.0 Å². The highest BCUT2D eigenvalue weighted by Gasteiger charge is 2.19. The first kappa shape index (κ1) is 21.5. The number of halogens is 2. The number of nitrogens with one attached hydrogen (secondary N) is 1. The molecule has 7 nitrogen and oxygen atoms in total. The minimum absolute atomic E-state index is 0.0432. The molecule has 0 heterocycles. The molecule has 2 rings (SSSR count). The lowest BCUT2D eigenvalue weighted by Gasteiger charge is -2.14. The number of hydrogen-bond donors (Lipinski definition) is 1. The summed E-state index contributed by atoms with van der Waals surface area (Å²) in [5.74, 6) is -0.631. The number of nitrogens with zero attached hydrogens (tertiary/aromatic N) is 1. The number of nitriles is 1. The third-order valence-corrected chi connectivity index (χ3v) is 3.72. The van der Waals surface area contributed by atoms with E-state index in [1.807, 2.05) is 0 Å². The van der Waals surface area contributed by atoms with Gasteiger partial charge in [-0.15, -0.1) is 0 Å². The highest BCUT2D eigenvalue weighted by Crippen LogP contribution is 2.40. The lowest BCUT2D eigenvalue weighted by Crippen LogP contribution is -2.14. The maximum Gasteiger partial charge on any atom is 0.387 e. The molecule has 0 atom stereocenters. The third kappa shape index (κ3) is 5.35. The fraction of sp³-hybridized carbons (Fsp3) is 0.200. The van der Waals surface area contributed by atoms with Crippen LogP contribution in [0, 0.1) is 11.3 Å². The molecule has 2 aromatic carbocycles. The number of carbonyl (C=O) groups is 1. The molecule has 9 heteroatoms. The van der Waals surface area contributed by atoms with Crippen LogP contribution in [0.25, 0.3) is 6.08 Å². The summed E-state index contributed by atoms with van der Waals surface area (Å²) in [6, 6.07) is 11.2. The van der Waals surface area contributed by atoms with Gasteiger partial charge in [0.25, 0.3) is 5.91 Å². The minimum atomic E-state index is -3.08. The summed E-state index contributed by atoms with van der Waals surface area (Å²) in [5, 5.41) is 12.0. The van der Waals surface area contributed by atoms with Gasteiger partial charge in [-0.2, -0.15) is 14.0 Å². The molecule has 0 aliphatic rings. The average molecular weight is 404 g/mol. The highest BCUT2D eigenvalue weighted by molar-refractivity contribution is 6.10. The Balaban J connectivity index is 2.39. The van der Waals surface area contributed by atoms with Crippen LogP contribution in [0.15, 0.2) is 42.0 Å². The van der Waals surface area contributed by atoms with Crippen LogP contribution in [0.5, 0.6) is 23.0 Å². The number of amides is 1. The molecule has 29 heavy (non-hydrogen) atoms. The Morgan fingerprint density at radius 3 is 2.17 bits per heavy atom. The first-order valence-electron chi connectivity index (χ1n) is 8.20. The van der Waals surface area contributed by atoms with Crippen molar-refractivity contribution < 1.29 is 32.5 Å². The van der Waals surface area contributed by atoms with Crippen LogP contribution in [0.1, 0.15) is 5.56 Å². The van der Waals surface area contributed by atoms with E-state index in [0.717, 1.165) is 0 Å². The van der Waals surface area contributed by atoms with Gasteiger partial charge in [-0.25, -0.2) is 0 Å². The van der Waals surface area contributed by atoms with E-state index >= 15 is 0 Å². The fourth-order valence-corrected chi connectivity index (χ4v) is 2.44. The van der Waals surface area contributed by atoms with Gasteiger partial charge in [-0.1, -0.05) is 12.1 Å². The predicted octanol–water partition coefficient (Wildman–Crippen LogP) is 3.86. The zero-order chi connectivity index (χ0) is 21.4. The smallest absolute Gasteiger partial charge is 0.387 e. The van der Waals surface area contributed by atoms with Crippen molar-refractivity contribution >= 4 is 17.7 Å². The SMILES string of the molecule is COc1ccccc1NC(=O)/C(C#N)=C/c1cc(OC)c(OC(F)F)c(OC)c1. The number of carbonyl (C=O) groups excluding carboxylic acids is 1. The summed E-state index contributed by atoms with van der Waals surface area (Å²) in [7, 11) is 3.98. The molecule has 0 saturated heterocycles. The van der Waals surface area contributed by atoms with Gasteiger partial charge >= 0.3 is 6.61 Å². The number of alkyl halides is 2. The number of ether oxygens (including phenoxy) is 4. The maximum atomic E-state index is 12.6. The second-order valence-corrected chi connectivity index (χ2v) is 5.46. The summed E-state index contributed by atoms with van der Waals surface area (Å²) >= 11 is 0. The van der Waals surface area contributed by atoms with Crippen molar-refractivity contribution in [3.8, 4) is 29.1 Å². The summed E-state index contributed by atoms with van der Waals surface area (Å²) in [4.78, 5) is 12.5. The Hall–Kier alpha value is -3.80. The fourth-order valence-electron chi connectivity index (χ4n) is 2.44. The molecule has 1 amide bonds. The number of anilines is 1. The molecule has 0 aromatic heterocycles. The van der Waals surface area contributed by atoms with Crippen LogP contribution < -0.4 is 24.3 Å². The molecular weight excluding hydrogens is 386 g/mol. The number of rotatable bonds is 8. The van der Waals surface area contributed by atoms with Crippen LogP contribution in [-0.2, 0) is 4.79 Å². The van der Waals surface area contributed by atoms with E-state index in [2.05, 4.69) is 10.1 Å². The van der Waals surface area contributed by atoms with Crippen molar-refractivity contribution in [1.82, 2.24) is 0 Å². The molecule has 0 bridgehead atoms. The Labute approximate surface area is 166 Å². The molecule has 1 N–H and O–H groups in total. The normalized spacial score (nSPS) is 10.9. The second-order valence-electron chi connectivity index (χ2n) is 5.46. The highest BCUT2D eigenvalue weighted by atomic mass is 19.3. The largest absolute Gasteiger partial charge is 0.495 e. The summed E-state index contributed by atoms with van der Waals surface area (Å²) < 4.78 is 45.0. The molecule has 152 valence electrons. The summed E-state index contributed by atoms with van der Waals surface area (Å²) in [5.41, 5.74) is 0.464. The molecule has 2 aromatic rings. The molecule has 0 fully saturated rings. The molecule has 0 aliphatic carbocycles. The van der Waals surface area contributed by atoms with Gasteiger partial charge in [0.15, 0.2) is 11.5 Å². The van der Waals surface area contributed by atoms with Crippen LogP contribution in [0.4, 0.5) is 14.5 Å². The van der Waals surface area contributed by atoms with E-state index in [1.165, 1.54) is 39.5 Å². The summed E-state index contributed by atoms with van der Waals surface area (Å²) in [6.07, 6.45) is 1.27. The number of benzene rings is 2. The second kappa shape index (κ2) is 9.94. The average Bonchev–Trinajstić information content (AvgIpc) is 2.72. The van der Waals surface area contributed by atoms with Crippen LogP contribution in [0.2, 0.25) is 0 Å². The van der Waals surface area contributed by atoms with Crippen LogP contribution >= 0.6 is 0 Å². The number of methoxy groups -OCH3 is 3. The first-order chi connectivity index (χ1) is 13.9. The lowest BCUT2D eigenvalue weighted by molar-refractivity contribution is -0.112. The first-order valence-corrected chi connectivity index (χ1v) is 8.20. The van der Waals surface area contributed by atoms with E-state index in [4.69, 9.17) is 14.2 Å². The van der Waals surface area contributed by atoms with E-state index in [-0.39, 0.29) is 22.8 Å². The Kier molecular flexibility index (Phi) is 7.37. The van der Waals surface area contributed by atoms with Gasteiger partial charge in [0, 0.05) is 0 Å². The standard InChI is InChI=1S/C20H18F2N2O5/c1-26-15-7-5-4-6-14(15)24-19(25)13(11-23)8-12-9-16(27-2)18(29-20(21)22)17(10-12)28-3/h4-10,20H,1-3H3,(H,24,25)/b13-8+. The van der Waals surface area contributed by atoms with Crippen molar-refractivity contribution in [3.05, 3.63) is 47.5 Å². The van der Waals surface area contributed by atoms with Gasteiger partial charge in [0.05, 0.1) is 27.0 Å². The van der Waals surface area contributed by atoms with Gasteiger partial charge in [0.1, 0.15) is 17.4 Å². The van der Waals surface area contributed by atoms with Gasteiger partial charge in [-0.3, -0.25) is 4.79 Å². The predicted molar refractivity (Wildman–Crippen MR) is 101 cm³/mol. The van der Waals surface area contributed by atoms with E-state index in [1.54, 1.807) is 30.3 Å². The quantitative estimate of drug-likeness (QED) is 0.531. The maximum absolute atomic E-state index is 12.6. The molecule has 0 unspecified atom stereocenters. The van der Waals surface area contributed by atoms with Crippen molar-refractivity contribution in [2.45, 2.75) is 6.61 Å². The molecule has 0 saturated carbocycles. The van der Waals surface area contributed by atoms with Crippen molar-refractivity contribution in [2.24, 2.45) is 0 Å². The number of para-hydroxylation sites is 2. The Bertz CT molecular complexity index is 929. The molecular formula is C20H18F2N2O5.